The quantitative estimate of drug-likeness (QED) is 0.768. The van der Waals surface area contributed by atoms with Crippen molar-refractivity contribution in [2.75, 3.05) is 20.8 Å². The molecule has 0 amide bonds. The van der Waals surface area contributed by atoms with E-state index >= 15 is 0 Å². The maximum atomic E-state index is 13.8. The standard InChI is InChI=1S/C17H20FNO4S/c1-4-23-16-8-6-5-7-13(16)12-19(2)24(20,21)14-9-10-17(22-3)15(18)11-14/h5-11H,4,12H2,1-3H3. The lowest BCUT2D eigenvalue weighted by molar-refractivity contribution is 0.332. The van der Waals surface area contributed by atoms with Gasteiger partial charge in [0, 0.05) is 19.2 Å². The van der Waals surface area contributed by atoms with Crippen LogP contribution in [0.25, 0.3) is 0 Å². The Hall–Kier alpha value is -2.12. The Morgan fingerprint density at radius 1 is 1.12 bits per heavy atom. The van der Waals surface area contributed by atoms with Crippen molar-refractivity contribution < 1.29 is 22.3 Å². The van der Waals surface area contributed by atoms with Gasteiger partial charge in [0.1, 0.15) is 5.75 Å². The van der Waals surface area contributed by atoms with Crippen LogP contribution in [0.5, 0.6) is 11.5 Å². The van der Waals surface area contributed by atoms with Crippen molar-refractivity contribution in [3.05, 3.63) is 53.8 Å². The number of methoxy groups -OCH3 is 1. The van der Waals surface area contributed by atoms with E-state index in [1.54, 1.807) is 12.1 Å². The molecule has 0 aromatic heterocycles. The molecule has 0 aliphatic rings. The van der Waals surface area contributed by atoms with Gasteiger partial charge in [-0.3, -0.25) is 0 Å². The molecule has 7 heteroatoms. The van der Waals surface area contributed by atoms with E-state index in [0.717, 1.165) is 15.9 Å². The van der Waals surface area contributed by atoms with E-state index in [4.69, 9.17) is 9.47 Å². The molecule has 0 saturated heterocycles. The Morgan fingerprint density at radius 3 is 2.46 bits per heavy atom. The van der Waals surface area contributed by atoms with Crippen LogP contribution < -0.4 is 9.47 Å². The van der Waals surface area contributed by atoms with Crippen molar-refractivity contribution in [3.8, 4) is 11.5 Å². The third kappa shape index (κ3) is 3.85. The van der Waals surface area contributed by atoms with E-state index in [1.165, 1.54) is 26.3 Å². The molecule has 2 rings (SSSR count). The predicted molar refractivity (Wildman–Crippen MR) is 89.2 cm³/mol. The van der Waals surface area contributed by atoms with Gasteiger partial charge in [-0.05, 0) is 31.2 Å². The Labute approximate surface area is 141 Å². The van der Waals surface area contributed by atoms with Gasteiger partial charge in [0.2, 0.25) is 10.0 Å². The maximum Gasteiger partial charge on any atom is 0.243 e. The smallest absolute Gasteiger partial charge is 0.243 e. The van der Waals surface area contributed by atoms with Crippen LogP contribution in [0.1, 0.15) is 12.5 Å². The van der Waals surface area contributed by atoms with Crippen LogP contribution in [-0.4, -0.2) is 33.5 Å². The van der Waals surface area contributed by atoms with Gasteiger partial charge in [-0.2, -0.15) is 4.31 Å². The molecule has 0 heterocycles. The van der Waals surface area contributed by atoms with Gasteiger partial charge in [-0.15, -0.1) is 0 Å². The van der Waals surface area contributed by atoms with E-state index < -0.39 is 15.8 Å². The zero-order chi connectivity index (χ0) is 17.7. The first-order chi connectivity index (χ1) is 11.4. The molecule has 0 N–H and O–H groups in total. The molecule has 0 bridgehead atoms. The highest BCUT2D eigenvalue weighted by molar-refractivity contribution is 7.89. The van der Waals surface area contributed by atoms with Crippen molar-refractivity contribution >= 4 is 10.0 Å². The highest BCUT2D eigenvalue weighted by atomic mass is 32.2. The third-order valence-electron chi connectivity index (χ3n) is 3.50. The Kier molecular flexibility index (Phi) is 5.80. The fourth-order valence-corrected chi connectivity index (χ4v) is 3.40. The highest BCUT2D eigenvalue weighted by Gasteiger charge is 2.23. The largest absolute Gasteiger partial charge is 0.494 e. The summed E-state index contributed by atoms with van der Waals surface area (Å²) in [5.41, 5.74) is 0.736. The summed E-state index contributed by atoms with van der Waals surface area (Å²) in [7, 11) is -1.07. The van der Waals surface area contributed by atoms with Gasteiger partial charge in [-0.1, -0.05) is 18.2 Å². The molecule has 0 aliphatic carbocycles. The van der Waals surface area contributed by atoms with Gasteiger partial charge >= 0.3 is 0 Å². The summed E-state index contributed by atoms with van der Waals surface area (Å²) < 4.78 is 50.6. The second-order valence-corrected chi connectivity index (χ2v) is 7.14. The van der Waals surface area contributed by atoms with Gasteiger partial charge in [0.15, 0.2) is 11.6 Å². The van der Waals surface area contributed by atoms with Gasteiger partial charge in [-0.25, -0.2) is 12.8 Å². The van der Waals surface area contributed by atoms with Crippen molar-refractivity contribution in [2.24, 2.45) is 0 Å². The number of sulfonamides is 1. The number of ether oxygens (including phenoxy) is 2. The summed E-state index contributed by atoms with van der Waals surface area (Å²) in [5, 5.41) is 0. The molecule has 2 aromatic rings. The van der Waals surface area contributed by atoms with Gasteiger partial charge < -0.3 is 9.47 Å². The number of benzene rings is 2. The lowest BCUT2D eigenvalue weighted by atomic mass is 10.2. The molecule has 2 aromatic carbocycles. The Morgan fingerprint density at radius 2 is 1.83 bits per heavy atom. The third-order valence-corrected chi connectivity index (χ3v) is 5.30. The molecule has 0 aliphatic heterocycles. The average Bonchev–Trinajstić information content (AvgIpc) is 2.56. The van der Waals surface area contributed by atoms with Crippen LogP contribution in [0.15, 0.2) is 47.4 Å². The fraction of sp³-hybridized carbons (Fsp3) is 0.294. The summed E-state index contributed by atoms with van der Waals surface area (Å²) in [4.78, 5) is -0.128. The first-order valence-electron chi connectivity index (χ1n) is 7.40. The molecule has 0 saturated carbocycles. The average molecular weight is 353 g/mol. The molecule has 0 radical (unpaired) electrons. The highest BCUT2D eigenvalue weighted by Crippen LogP contribution is 2.25. The molecular weight excluding hydrogens is 333 g/mol. The summed E-state index contributed by atoms with van der Waals surface area (Å²) >= 11 is 0. The molecule has 5 nitrogen and oxygen atoms in total. The monoisotopic (exact) mass is 353 g/mol. The molecule has 0 spiro atoms. The second kappa shape index (κ2) is 7.63. The molecule has 0 unspecified atom stereocenters. The first kappa shape index (κ1) is 18.2. The van der Waals surface area contributed by atoms with Crippen LogP contribution >= 0.6 is 0 Å². The summed E-state index contributed by atoms with van der Waals surface area (Å²) in [6.45, 7) is 2.46. The lowest BCUT2D eigenvalue weighted by Gasteiger charge is -2.19. The van der Waals surface area contributed by atoms with Gasteiger partial charge in [0.25, 0.3) is 0 Å². The molecule has 130 valence electrons. The van der Waals surface area contributed by atoms with Crippen molar-refractivity contribution in [3.63, 3.8) is 0 Å². The number of hydrogen-bond acceptors (Lipinski definition) is 4. The predicted octanol–water partition coefficient (Wildman–Crippen LogP) is 3.05. The van der Waals surface area contributed by atoms with Gasteiger partial charge in [0.05, 0.1) is 18.6 Å². The van der Waals surface area contributed by atoms with Crippen LogP contribution in [0, 0.1) is 5.82 Å². The summed E-state index contributed by atoms with van der Waals surface area (Å²) in [6.07, 6.45) is 0. The van der Waals surface area contributed by atoms with Crippen molar-refractivity contribution in [1.29, 1.82) is 0 Å². The minimum absolute atomic E-state index is 0.00158. The van der Waals surface area contributed by atoms with Crippen LogP contribution in [-0.2, 0) is 16.6 Å². The number of para-hydroxylation sites is 1. The number of hydrogen-bond donors (Lipinski definition) is 0. The Bertz CT molecular complexity index is 808. The summed E-state index contributed by atoms with van der Waals surface area (Å²) in [5.74, 6) is -0.0945. The molecular formula is C17H20FNO4S. The van der Waals surface area contributed by atoms with E-state index in [9.17, 15) is 12.8 Å². The second-order valence-electron chi connectivity index (χ2n) is 5.10. The lowest BCUT2D eigenvalue weighted by Crippen LogP contribution is -2.26. The number of nitrogens with zero attached hydrogens (tertiary/aromatic N) is 1. The number of rotatable bonds is 7. The first-order valence-corrected chi connectivity index (χ1v) is 8.84. The van der Waals surface area contributed by atoms with E-state index in [1.807, 2.05) is 19.1 Å². The number of halogens is 1. The zero-order valence-electron chi connectivity index (χ0n) is 13.8. The molecule has 0 fully saturated rings. The van der Waals surface area contributed by atoms with Crippen molar-refractivity contribution in [1.82, 2.24) is 4.31 Å². The van der Waals surface area contributed by atoms with Crippen molar-refractivity contribution in [2.45, 2.75) is 18.4 Å². The van der Waals surface area contributed by atoms with E-state index in [0.29, 0.717) is 12.4 Å². The molecule has 0 atom stereocenters. The minimum Gasteiger partial charge on any atom is -0.494 e. The van der Waals surface area contributed by atoms with E-state index in [2.05, 4.69) is 0 Å². The SMILES string of the molecule is CCOc1ccccc1CN(C)S(=O)(=O)c1ccc(OC)c(F)c1. The van der Waals surface area contributed by atoms with Crippen LogP contribution in [0.3, 0.4) is 0 Å². The van der Waals surface area contributed by atoms with E-state index in [-0.39, 0.29) is 17.2 Å². The summed E-state index contributed by atoms with van der Waals surface area (Å²) in [6, 6.07) is 10.8. The maximum absolute atomic E-state index is 13.8. The van der Waals surface area contributed by atoms with Crippen LogP contribution in [0.4, 0.5) is 4.39 Å². The van der Waals surface area contributed by atoms with Crippen LogP contribution in [0.2, 0.25) is 0 Å². The topological polar surface area (TPSA) is 55.8 Å². The zero-order valence-corrected chi connectivity index (χ0v) is 14.6. The Balaban J connectivity index is 2.28. The fourth-order valence-electron chi connectivity index (χ4n) is 2.24. The minimum atomic E-state index is -3.83. The normalized spacial score (nSPS) is 11.5. The molecule has 24 heavy (non-hydrogen) atoms.